The molecule has 1 nitrogen and oxygen atoms in total. The van der Waals surface area contributed by atoms with Crippen LogP contribution in [-0.4, -0.2) is 10.5 Å². The smallest absolute Gasteiger partial charge is 0.349 e. The van der Waals surface area contributed by atoms with Gasteiger partial charge in [0, 0.05) is 22.7 Å². The number of aryl methyl sites for hydroxylation is 1. The molecule has 0 bridgehead atoms. The highest BCUT2D eigenvalue weighted by Crippen LogP contribution is 2.39. The summed E-state index contributed by atoms with van der Waals surface area (Å²) in [6.45, 7) is 1.69. The Morgan fingerprint density at radius 2 is 1.87 bits per heavy atom. The van der Waals surface area contributed by atoms with Gasteiger partial charge in [-0.3, -0.25) is 0 Å². The van der Waals surface area contributed by atoms with Gasteiger partial charge in [-0.2, -0.15) is 13.2 Å². The van der Waals surface area contributed by atoms with Gasteiger partial charge in [-0.15, -0.1) is 0 Å². The molecule has 0 fully saturated rings. The van der Waals surface area contributed by atoms with Gasteiger partial charge >= 0.3 is 5.51 Å². The molecule has 15 heavy (non-hydrogen) atoms. The Bertz CT molecular complexity index is 487. The number of alkyl halides is 3. The van der Waals surface area contributed by atoms with E-state index in [1.807, 2.05) is 12.1 Å². The van der Waals surface area contributed by atoms with E-state index >= 15 is 0 Å². The number of halogens is 3. The van der Waals surface area contributed by atoms with Gasteiger partial charge < -0.3 is 4.98 Å². The van der Waals surface area contributed by atoms with Crippen molar-refractivity contribution < 1.29 is 13.2 Å². The van der Waals surface area contributed by atoms with Crippen molar-refractivity contribution in [1.82, 2.24) is 4.98 Å². The Labute approximate surface area is 88.7 Å². The summed E-state index contributed by atoms with van der Waals surface area (Å²) < 4.78 is 36.6. The lowest BCUT2D eigenvalue weighted by atomic mass is 10.2. The normalized spacial score (nSPS) is 12.3. The summed E-state index contributed by atoms with van der Waals surface area (Å²) in [6.07, 6.45) is 0. The van der Waals surface area contributed by atoms with Crippen LogP contribution < -0.4 is 0 Å². The lowest BCUT2D eigenvalue weighted by Crippen LogP contribution is -1.99. The van der Waals surface area contributed by atoms with Crippen LogP contribution in [0.5, 0.6) is 0 Å². The fraction of sp³-hybridized carbons (Fsp3) is 0.200. The first kappa shape index (κ1) is 10.4. The molecule has 0 aliphatic carbocycles. The number of aromatic amines is 1. The molecule has 1 N–H and O–H groups in total. The third-order valence-electron chi connectivity index (χ3n) is 2.14. The Morgan fingerprint density at radius 1 is 1.20 bits per heavy atom. The molecule has 0 saturated carbocycles. The monoisotopic (exact) mass is 231 g/mol. The molecular formula is C10H8F3NS. The second-order valence-corrected chi connectivity index (χ2v) is 4.25. The van der Waals surface area contributed by atoms with Gasteiger partial charge in [-0.25, -0.2) is 0 Å². The quantitative estimate of drug-likeness (QED) is 0.731. The second kappa shape index (κ2) is 3.48. The highest BCUT2D eigenvalue weighted by molar-refractivity contribution is 8.00. The summed E-state index contributed by atoms with van der Waals surface area (Å²) in [7, 11) is 0. The van der Waals surface area contributed by atoms with E-state index in [0.29, 0.717) is 5.56 Å². The molecule has 0 amide bonds. The van der Waals surface area contributed by atoms with Gasteiger partial charge in [0.2, 0.25) is 0 Å². The van der Waals surface area contributed by atoms with Crippen LogP contribution >= 0.6 is 11.8 Å². The third kappa shape index (κ3) is 2.12. The van der Waals surface area contributed by atoms with Crippen molar-refractivity contribution in [2.24, 2.45) is 0 Å². The molecule has 0 aliphatic rings. The standard InChI is InChI=1S/C10H8F3NS/c1-6-7-4-2-3-5-8(7)14-9(6)15-10(11,12)13/h2-5,14H,1H3. The molecule has 0 radical (unpaired) electrons. The number of nitrogens with one attached hydrogen (secondary N) is 1. The molecule has 0 saturated heterocycles. The van der Waals surface area contributed by atoms with Gasteiger partial charge in [0.05, 0.1) is 5.03 Å². The average Bonchev–Trinajstić information content (AvgIpc) is 2.42. The zero-order valence-corrected chi connectivity index (χ0v) is 8.67. The van der Waals surface area contributed by atoms with Gasteiger partial charge in [0.25, 0.3) is 0 Å². The summed E-state index contributed by atoms with van der Waals surface area (Å²) in [5.41, 5.74) is -2.86. The number of fused-ring (bicyclic) bond motifs is 1. The van der Waals surface area contributed by atoms with Crippen molar-refractivity contribution in [3.8, 4) is 0 Å². The Morgan fingerprint density at radius 3 is 2.47 bits per heavy atom. The highest BCUT2D eigenvalue weighted by Gasteiger charge is 2.31. The predicted molar refractivity (Wildman–Crippen MR) is 54.9 cm³/mol. The van der Waals surface area contributed by atoms with Crippen molar-refractivity contribution in [2.45, 2.75) is 17.5 Å². The number of hydrogen-bond donors (Lipinski definition) is 1. The molecule has 1 aromatic carbocycles. The van der Waals surface area contributed by atoms with E-state index in [2.05, 4.69) is 4.98 Å². The Kier molecular flexibility index (Phi) is 2.42. The molecule has 5 heteroatoms. The van der Waals surface area contributed by atoms with Crippen LogP contribution in [0.4, 0.5) is 13.2 Å². The molecule has 1 aromatic heterocycles. The first-order valence-corrected chi connectivity index (χ1v) is 5.12. The van der Waals surface area contributed by atoms with Gasteiger partial charge in [0.1, 0.15) is 0 Å². The number of thioether (sulfide) groups is 1. The Balaban J connectivity index is 2.49. The molecule has 2 rings (SSSR count). The summed E-state index contributed by atoms with van der Waals surface area (Å²) >= 11 is -0.102. The second-order valence-electron chi connectivity index (χ2n) is 3.17. The lowest BCUT2D eigenvalue weighted by Gasteiger charge is -2.03. The van der Waals surface area contributed by atoms with Crippen LogP contribution in [0.2, 0.25) is 0 Å². The minimum absolute atomic E-state index is 0.102. The van der Waals surface area contributed by atoms with Crippen molar-refractivity contribution in [3.63, 3.8) is 0 Å². The van der Waals surface area contributed by atoms with Crippen molar-refractivity contribution in [1.29, 1.82) is 0 Å². The number of rotatable bonds is 1. The molecule has 0 atom stereocenters. The predicted octanol–water partition coefficient (Wildman–Crippen LogP) is 4.09. The third-order valence-corrected chi connectivity index (χ3v) is 2.98. The van der Waals surface area contributed by atoms with Crippen LogP contribution in [0.25, 0.3) is 10.9 Å². The lowest BCUT2D eigenvalue weighted by molar-refractivity contribution is -0.0329. The maximum Gasteiger partial charge on any atom is 0.447 e. The molecule has 0 unspecified atom stereocenters. The van der Waals surface area contributed by atoms with Gasteiger partial charge in [-0.05, 0) is 18.6 Å². The van der Waals surface area contributed by atoms with Crippen LogP contribution in [0.15, 0.2) is 29.3 Å². The van der Waals surface area contributed by atoms with Crippen molar-refractivity contribution in [3.05, 3.63) is 29.8 Å². The van der Waals surface area contributed by atoms with Crippen LogP contribution in [0.1, 0.15) is 5.56 Å². The topological polar surface area (TPSA) is 15.8 Å². The zero-order valence-electron chi connectivity index (χ0n) is 7.85. The number of para-hydroxylation sites is 1. The highest BCUT2D eigenvalue weighted by atomic mass is 32.2. The largest absolute Gasteiger partial charge is 0.447 e. The van der Waals surface area contributed by atoms with E-state index in [4.69, 9.17) is 0 Å². The Hall–Kier alpha value is -1.10. The average molecular weight is 231 g/mol. The number of benzene rings is 1. The first-order valence-electron chi connectivity index (χ1n) is 4.30. The minimum Gasteiger partial charge on any atom is -0.349 e. The van der Waals surface area contributed by atoms with Crippen LogP contribution in [0, 0.1) is 6.92 Å². The minimum atomic E-state index is -4.24. The molecule has 2 aromatic rings. The van der Waals surface area contributed by atoms with Crippen LogP contribution in [0.3, 0.4) is 0 Å². The fourth-order valence-corrected chi connectivity index (χ4v) is 2.13. The van der Waals surface area contributed by atoms with Crippen molar-refractivity contribution in [2.75, 3.05) is 0 Å². The molecule has 1 heterocycles. The van der Waals surface area contributed by atoms with E-state index in [1.165, 1.54) is 0 Å². The van der Waals surface area contributed by atoms with E-state index in [1.54, 1.807) is 19.1 Å². The van der Waals surface area contributed by atoms with Gasteiger partial charge in [-0.1, -0.05) is 18.2 Å². The summed E-state index contributed by atoms with van der Waals surface area (Å²) in [6, 6.07) is 7.18. The van der Waals surface area contributed by atoms with Crippen molar-refractivity contribution >= 4 is 22.7 Å². The van der Waals surface area contributed by atoms with E-state index in [-0.39, 0.29) is 16.8 Å². The first-order chi connectivity index (χ1) is 6.97. The number of H-pyrrole nitrogens is 1. The number of hydrogen-bond acceptors (Lipinski definition) is 1. The zero-order chi connectivity index (χ0) is 11.1. The fourth-order valence-electron chi connectivity index (χ4n) is 1.48. The maximum atomic E-state index is 12.2. The molecule has 0 spiro atoms. The SMILES string of the molecule is Cc1c(SC(F)(F)F)[nH]c2ccccc12. The van der Waals surface area contributed by atoms with Gasteiger partial charge in [0.15, 0.2) is 0 Å². The van der Waals surface area contributed by atoms with E-state index < -0.39 is 5.51 Å². The summed E-state index contributed by atoms with van der Waals surface area (Å²) in [5, 5.41) is 1.01. The number of aromatic nitrogens is 1. The van der Waals surface area contributed by atoms with E-state index in [9.17, 15) is 13.2 Å². The molecule has 0 aliphatic heterocycles. The molecular weight excluding hydrogens is 223 g/mol. The van der Waals surface area contributed by atoms with Crippen LogP contribution in [-0.2, 0) is 0 Å². The summed E-state index contributed by atoms with van der Waals surface area (Å²) in [4.78, 5) is 2.76. The maximum absolute atomic E-state index is 12.2. The molecule has 80 valence electrons. The summed E-state index contributed by atoms with van der Waals surface area (Å²) in [5.74, 6) is 0. The van der Waals surface area contributed by atoms with E-state index in [0.717, 1.165) is 10.9 Å².